The van der Waals surface area contributed by atoms with Crippen LogP contribution in [0.1, 0.15) is 25.7 Å². The first-order chi connectivity index (χ1) is 8.90. The summed E-state index contributed by atoms with van der Waals surface area (Å²) in [6.07, 6.45) is 5.30. The molecule has 0 radical (unpaired) electrons. The minimum Gasteiger partial charge on any atom is -0.492 e. The Bertz CT molecular complexity index is 331. The minimum absolute atomic E-state index is 0.780. The number of nitrogens with zero attached hydrogens (tertiary/aromatic N) is 1. The van der Waals surface area contributed by atoms with E-state index >= 15 is 0 Å². The number of alkyl halides is 1. The van der Waals surface area contributed by atoms with Crippen molar-refractivity contribution in [2.24, 2.45) is 0 Å². The third-order valence-corrected chi connectivity index (χ3v) is 4.12. The molecule has 0 aliphatic carbocycles. The molecule has 1 aromatic rings. The van der Waals surface area contributed by atoms with Gasteiger partial charge in [-0.15, -0.1) is 0 Å². The van der Waals surface area contributed by atoms with Crippen LogP contribution < -0.4 is 4.74 Å². The third-order valence-electron chi connectivity index (χ3n) is 3.56. The van der Waals surface area contributed by atoms with E-state index < -0.39 is 0 Å². The summed E-state index contributed by atoms with van der Waals surface area (Å²) < 4.78 is 5.77. The van der Waals surface area contributed by atoms with Crippen molar-refractivity contribution in [1.82, 2.24) is 4.90 Å². The summed E-state index contributed by atoms with van der Waals surface area (Å²) in [5.74, 6) is 0.980. The van der Waals surface area contributed by atoms with E-state index in [0.717, 1.165) is 30.3 Å². The van der Waals surface area contributed by atoms with Gasteiger partial charge in [0.05, 0.1) is 0 Å². The molecule has 0 aromatic heterocycles. The lowest BCUT2D eigenvalue weighted by Gasteiger charge is -2.24. The summed E-state index contributed by atoms with van der Waals surface area (Å²) >= 11 is 3.52. The Labute approximate surface area is 118 Å². The van der Waals surface area contributed by atoms with Crippen molar-refractivity contribution < 1.29 is 4.74 Å². The number of benzene rings is 1. The molecular formula is C15H22BrNO. The number of hydrogen-bond acceptors (Lipinski definition) is 2. The fourth-order valence-electron chi connectivity index (χ4n) is 2.63. The lowest BCUT2D eigenvalue weighted by atomic mass is 10.1. The van der Waals surface area contributed by atoms with E-state index in [2.05, 4.69) is 20.8 Å². The molecule has 1 aromatic carbocycles. The second-order valence-corrected chi connectivity index (χ2v) is 5.62. The topological polar surface area (TPSA) is 12.5 Å². The second kappa shape index (κ2) is 7.80. The number of rotatable bonds is 7. The maximum Gasteiger partial charge on any atom is 0.119 e. The van der Waals surface area contributed by atoms with Gasteiger partial charge in [0.1, 0.15) is 12.4 Å². The van der Waals surface area contributed by atoms with Gasteiger partial charge in [-0.1, -0.05) is 34.1 Å². The molecule has 1 atom stereocenters. The Hall–Kier alpha value is -0.540. The minimum atomic E-state index is 0.780. The molecule has 0 N–H and O–H groups in total. The van der Waals surface area contributed by atoms with E-state index in [1.165, 1.54) is 32.2 Å². The highest BCUT2D eigenvalue weighted by Crippen LogP contribution is 2.21. The van der Waals surface area contributed by atoms with Crippen molar-refractivity contribution in [3.8, 4) is 5.75 Å². The summed E-state index contributed by atoms with van der Waals surface area (Å²) in [5.41, 5.74) is 0. The van der Waals surface area contributed by atoms with Gasteiger partial charge in [0, 0.05) is 17.9 Å². The summed E-state index contributed by atoms with van der Waals surface area (Å²) in [7, 11) is 0. The molecule has 0 spiro atoms. The first-order valence-electron chi connectivity index (χ1n) is 6.88. The van der Waals surface area contributed by atoms with Crippen LogP contribution in [-0.2, 0) is 0 Å². The van der Waals surface area contributed by atoms with E-state index in [1.807, 2.05) is 30.3 Å². The zero-order valence-electron chi connectivity index (χ0n) is 10.9. The van der Waals surface area contributed by atoms with Gasteiger partial charge in [0.2, 0.25) is 0 Å². The van der Waals surface area contributed by atoms with Crippen LogP contribution in [0.5, 0.6) is 5.75 Å². The van der Waals surface area contributed by atoms with Crippen molar-refractivity contribution in [3.05, 3.63) is 30.3 Å². The summed E-state index contributed by atoms with van der Waals surface area (Å²) in [5, 5.41) is 1.12. The maximum atomic E-state index is 5.77. The lowest BCUT2D eigenvalue weighted by molar-refractivity contribution is 0.190. The van der Waals surface area contributed by atoms with Crippen LogP contribution in [0.3, 0.4) is 0 Å². The zero-order valence-corrected chi connectivity index (χ0v) is 12.4. The summed E-state index contributed by atoms with van der Waals surface area (Å²) in [6, 6.07) is 10.9. The average Bonchev–Trinajstić information content (AvgIpc) is 2.85. The van der Waals surface area contributed by atoms with Crippen molar-refractivity contribution in [2.45, 2.75) is 31.7 Å². The largest absolute Gasteiger partial charge is 0.492 e. The number of likely N-dealkylation sites (tertiary alicyclic amines) is 1. The Morgan fingerprint density at radius 3 is 2.89 bits per heavy atom. The average molecular weight is 312 g/mol. The SMILES string of the molecule is BrCCCC1CCCN1CCOc1ccccc1. The van der Waals surface area contributed by atoms with Gasteiger partial charge in [-0.3, -0.25) is 4.90 Å². The molecule has 1 saturated heterocycles. The molecule has 2 nitrogen and oxygen atoms in total. The van der Waals surface area contributed by atoms with Crippen molar-refractivity contribution in [3.63, 3.8) is 0 Å². The lowest BCUT2D eigenvalue weighted by Crippen LogP contribution is -2.33. The summed E-state index contributed by atoms with van der Waals surface area (Å²) in [4.78, 5) is 2.59. The van der Waals surface area contributed by atoms with Gasteiger partial charge in [-0.05, 0) is 44.4 Å². The monoisotopic (exact) mass is 311 g/mol. The van der Waals surface area contributed by atoms with Gasteiger partial charge in [-0.2, -0.15) is 0 Å². The van der Waals surface area contributed by atoms with Crippen LogP contribution in [-0.4, -0.2) is 36.0 Å². The molecule has 3 heteroatoms. The van der Waals surface area contributed by atoms with Crippen LogP contribution in [0.2, 0.25) is 0 Å². The van der Waals surface area contributed by atoms with E-state index in [9.17, 15) is 0 Å². The molecule has 2 rings (SSSR count). The zero-order chi connectivity index (χ0) is 12.6. The van der Waals surface area contributed by atoms with Crippen LogP contribution in [0.25, 0.3) is 0 Å². The molecule has 1 aliphatic heterocycles. The molecule has 1 aliphatic rings. The van der Waals surface area contributed by atoms with E-state index in [0.29, 0.717) is 0 Å². The predicted octanol–water partition coefficient (Wildman–Crippen LogP) is 3.70. The molecular weight excluding hydrogens is 290 g/mol. The van der Waals surface area contributed by atoms with E-state index in [1.54, 1.807) is 0 Å². The van der Waals surface area contributed by atoms with Crippen LogP contribution in [0.4, 0.5) is 0 Å². The Kier molecular flexibility index (Phi) is 6.01. The Balaban J connectivity index is 1.69. The van der Waals surface area contributed by atoms with Gasteiger partial charge in [0.25, 0.3) is 0 Å². The Morgan fingerprint density at radius 1 is 1.28 bits per heavy atom. The molecule has 1 heterocycles. The second-order valence-electron chi connectivity index (χ2n) is 4.82. The van der Waals surface area contributed by atoms with E-state index in [-0.39, 0.29) is 0 Å². The smallest absolute Gasteiger partial charge is 0.119 e. The Morgan fingerprint density at radius 2 is 2.11 bits per heavy atom. The van der Waals surface area contributed by atoms with E-state index in [4.69, 9.17) is 4.74 Å². The predicted molar refractivity (Wildman–Crippen MR) is 79.6 cm³/mol. The fourth-order valence-corrected chi connectivity index (χ4v) is 2.95. The molecule has 1 fully saturated rings. The van der Waals surface area contributed by atoms with Crippen LogP contribution in [0, 0.1) is 0 Å². The molecule has 0 saturated carbocycles. The summed E-state index contributed by atoms with van der Waals surface area (Å²) in [6.45, 7) is 3.10. The third kappa shape index (κ3) is 4.29. The van der Waals surface area contributed by atoms with Gasteiger partial charge in [0.15, 0.2) is 0 Å². The van der Waals surface area contributed by atoms with Crippen molar-refractivity contribution >= 4 is 15.9 Å². The quantitative estimate of drug-likeness (QED) is 0.712. The van der Waals surface area contributed by atoms with Crippen molar-refractivity contribution in [1.29, 1.82) is 0 Å². The molecule has 18 heavy (non-hydrogen) atoms. The number of halogens is 1. The van der Waals surface area contributed by atoms with Gasteiger partial charge < -0.3 is 4.74 Å². The van der Waals surface area contributed by atoms with Crippen molar-refractivity contribution in [2.75, 3.05) is 25.0 Å². The number of hydrogen-bond donors (Lipinski definition) is 0. The van der Waals surface area contributed by atoms with Gasteiger partial charge >= 0.3 is 0 Å². The molecule has 0 bridgehead atoms. The highest BCUT2D eigenvalue weighted by Gasteiger charge is 2.23. The first kappa shape index (κ1) is 13.9. The van der Waals surface area contributed by atoms with Gasteiger partial charge in [-0.25, -0.2) is 0 Å². The van der Waals surface area contributed by atoms with Crippen LogP contribution in [0.15, 0.2) is 30.3 Å². The first-order valence-corrected chi connectivity index (χ1v) is 8.00. The molecule has 100 valence electrons. The highest BCUT2D eigenvalue weighted by atomic mass is 79.9. The van der Waals surface area contributed by atoms with Crippen LogP contribution >= 0.6 is 15.9 Å². The standard InChI is InChI=1S/C15H22BrNO/c16-10-4-6-14-7-5-11-17(14)12-13-18-15-8-2-1-3-9-15/h1-3,8-9,14H,4-7,10-13H2. The molecule has 0 amide bonds. The maximum absolute atomic E-state index is 5.77. The fraction of sp³-hybridized carbons (Fsp3) is 0.600. The molecule has 1 unspecified atom stereocenters. The normalized spacial score (nSPS) is 20.2. The highest BCUT2D eigenvalue weighted by molar-refractivity contribution is 9.09. The number of para-hydroxylation sites is 1. The number of ether oxygens (including phenoxy) is 1.